The number of rotatable bonds is 8. The van der Waals surface area contributed by atoms with Gasteiger partial charge in [0.1, 0.15) is 5.82 Å². The summed E-state index contributed by atoms with van der Waals surface area (Å²) in [6.45, 7) is 2.86. The molecule has 0 unspecified atom stereocenters. The van der Waals surface area contributed by atoms with Gasteiger partial charge in [0.2, 0.25) is 5.82 Å². The Labute approximate surface area is 262 Å². The van der Waals surface area contributed by atoms with E-state index in [9.17, 15) is 4.79 Å². The maximum Gasteiger partial charge on any atom is 0.321 e. The van der Waals surface area contributed by atoms with Crippen molar-refractivity contribution in [3.05, 3.63) is 90.3 Å². The normalized spacial score (nSPS) is 13.8. The lowest BCUT2D eigenvalue weighted by Crippen LogP contribution is -2.43. The van der Waals surface area contributed by atoms with E-state index in [1.54, 1.807) is 4.90 Å². The van der Waals surface area contributed by atoms with Crippen molar-refractivity contribution in [1.29, 1.82) is 0 Å². The topological polar surface area (TPSA) is 105 Å². The van der Waals surface area contributed by atoms with Crippen molar-refractivity contribution in [3.63, 3.8) is 0 Å². The summed E-state index contributed by atoms with van der Waals surface area (Å²) in [5, 5.41) is 20.5. The maximum atomic E-state index is 13.1. The number of fused-ring (bicyclic) bond motifs is 2. The number of aryl methyl sites for hydroxylation is 1. The van der Waals surface area contributed by atoms with Crippen LogP contribution in [0.4, 0.5) is 10.5 Å². The van der Waals surface area contributed by atoms with Crippen molar-refractivity contribution in [1.82, 2.24) is 35.5 Å². The van der Waals surface area contributed by atoms with Gasteiger partial charge >= 0.3 is 6.03 Å². The number of aromatic amines is 1. The van der Waals surface area contributed by atoms with Crippen LogP contribution in [-0.2, 0) is 13.0 Å². The van der Waals surface area contributed by atoms with Crippen LogP contribution in [0.25, 0.3) is 44.3 Å². The summed E-state index contributed by atoms with van der Waals surface area (Å²) < 4.78 is 2.30. The first kappa shape index (κ1) is 28.7. The van der Waals surface area contributed by atoms with Crippen LogP contribution in [-0.4, -0.2) is 49.3 Å². The Bertz CT molecular complexity index is 1940. The first-order chi connectivity index (χ1) is 22.1. The van der Waals surface area contributed by atoms with E-state index in [-0.39, 0.29) is 12.1 Å². The van der Waals surface area contributed by atoms with Crippen LogP contribution >= 0.6 is 0 Å². The molecule has 1 aliphatic rings. The van der Waals surface area contributed by atoms with Crippen LogP contribution < -0.4 is 10.2 Å². The average molecular weight is 599 g/mol. The molecular weight excluding hydrogens is 560 g/mol. The number of urea groups is 1. The molecule has 0 saturated heterocycles. The molecule has 0 radical (unpaired) electrons. The molecule has 0 spiro atoms. The molecule has 4 aromatic carbocycles. The number of anilines is 1. The third-order valence-electron chi connectivity index (χ3n) is 9.01. The van der Waals surface area contributed by atoms with Gasteiger partial charge in [-0.15, -0.1) is 10.2 Å². The molecule has 9 nitrogen and oxygen atoms in total. The van der Waals surface area contributed by atoms with E-state index in [4.69, 9.17) is 4.98 Å². The fraction of sp³-hybridized carbons (Fsp3) is 0.306. The Morgan fingerprint density at radius 3 is 2.60 bits per heavy atom. The lowest BCUT2D eigenvalue weighted by molar-refractivity contribution is 0.239. The minimum atomic E-state index is -0.0504. The fourth-order valence-electron chi connectivity index (χ4n) is 6.59. The highest BCUT2D eigenvalue weighted by atomic mass is 16.2. The third kappa shape index (κ3) is 5.78. The number of tetrazole rings is 1. The zero-order valence-electron chi connectivity index (χ0n) is 25.8. The molecule has 45 heavy (non-hydrogen) atoms. The van der Waals surface area contributed by atoms with Gasteiger partial charge in [0, 0.05) is 37.3 Å². The number of imidazole rings is 1. The van der Waals surface area contributed by atoms with Crippen molar-refractivity contribution in [2.24, 2.45) is 0 Å². The van der Waals surface area contributed by atoms with E-state index < -0.39 is 0 Å². The number of aromatic nitrogens is 6. The molecule has 2 amide bonds. The Hall–Kier alpha value is -5.05. The summed E-state index contributed by atoms with van der Waals surface area (Å²) in [5.74, 6) is 1.63. The van der Waals surface area contributed by atoms with Gasteiger partial charge in [0.25, 0.3) is 0 Å². The zero-order valence-corrected chi connectivity index (χ0v) is 25.8. The van der Waals surface area contributed by atoms with Crippen molar-refractivity contribution >= 4 is 33.5 Å². The molecular formula is C36H38N8O. The van der Waals surface area contributed by atoms with Crippen LogP contribution in [0.5, 0.6) is 0 Å². The van der Waals surface area contributed by atoms with Gasteiger partial charge in [0.05, 0.1) is 11.0 Å². The van der Waals surface area contributed by atoms with E-state index in [0.717, 1.165) is 75.7 Å². The van der Waals surface area contributed by atoms with Gasteiger partial charge in [-0.05, 0) is 70.1 Å². The largest absolute Gasteiger partial charge is 0.335 e. The predicted molar refractivity (Wildman–Crippen MR) is 179 cm³/mol. The van der Waals surface area contributed by atoms with Crippen LogP contribution in [0.3, 0.4) is 0 Å². The number of H-pyrrole nitrogens is 1. The quantitative estimate of drug-likeness (QED) is 0.189. The van der Waals surface area contributed by atoms with Crippen molar-refractivity contribution in [2.75, 3.05) is 11.9 Å². The van der Waals surface area contributed by atoms with Crippen LogP contribution in [0, 0.1) is 0 Å². The molecule has 2 N–H and O–H groups in total. The summed E-state index contributed by atoms with van der Waals surface area (Å²) in [4.78, 5) is 19.9. The number of amides is 2. The highest BCUT2D eigenvalue weighted by Gasteiger charge is 2.20. The van der Waals surface area contributed by atoms with Gasteiger partial charge in [-0.2, -0.15) is 5.21 Å². The molecule has 2 aromatic heterocycles. The Morgan fingerprint density at radius 2 is 1.82 bits per heavy atom. The van der Waals surface area contributed by atoms with E-state index in [2.05, 4.69) is 92.0 Å². The minimum Gasteiger partial charge on any atom is -0.335 e. The second-order valence-corrected chi connectivity index (χ2v) is 12.0. The van der Waals surface area contributed by atoms with E-state index in [1.165, 1.54) is 24.8 Å². The van der Waals surface area contributed by atoms with E-state index in [0.29, 0.717) is 12.4 Å². The molecule has 9 heteroatoms. The number of nitrogens with zero attached hydrogens (tertiary/aromatic N) is 6. The zero-order chi connectivity index (χ0) is 30.8. The van der Waals surface area contributed by atoms with Crippen LogP contribution in [0.15, 0.2) is 78.9 Å². The molecule has 7 rings (SSSR count). The van der Waals surface area contributed by atoms with E-state index in [1.807, 2.05) is 31.3 Å². The van der Waals surface area contributed by atoms with Crippen molar-refractivity contribution < 1.29 is 4.79 Å². The molecule has 6 aromatic rings. The van der Waals surface area contributed by atoms with Gasteiger partial charge in [0.15, 0.2) is 0 Å². The van der Waals surface area contributed by atoms with Gasteiger partial charge < -0.3 is 9.88 Å². The molecule has 1 aliphatic carbocycles. The lowest BCUT2D eigenvalue weighted by atomic mass is 9.93. The molecule has 1 saturated carbocycles. The number of carbonyl (C=O) groups excluding carboxylic acids is 1. The first-order valence-corrected chi connectivity index (χ1v) is 16.0. The fourth-order valence-corrected chi connectivity index (χ4v) is 6.59. The van der Waals surface area contributed by atoms with E-state index >= 15 is 0 Å². The second kappa shape index (κ2) is 12.5. The molecule has 228 valence electrons. The average Bonchev–Trinajstić information content (AvgIpc) is 3.73. The monoisotopic (exact) mass is 598 g/mol. The van der Waals surface area contributed by atoms with Crippen LogP contribution in [0.1, 0.15) is 56.8 Å². The minimum absolute atomic E-state index is 0.0504. The van der Waals surface area contributed by atoms with Gasteiger partial charge in [-0.3, -0.25) is 4.90 Å². The number of benzene rings is 4. The van der Waals surface area contributed by atoms with Crippen molar-refractivity contribution in [3.8, 4) is 22.5 Å². The Balaban J connectivity index is 1.19. The van der Waals surface area contributed by atoms with Crippen molar-refractivity contribution in [2.45, 2.75) is 64.5 Å². The molecule has 2 heterocycles. The SMILES string of the molecule is CCCc1nc2ccc(N(C)C(=O)NC3CCCCC3)cc2n1Cc1ccc(-c2ccc3ccccc3c2-c2nn[nH]n2)cc1. The number of hydrogen-bond acceptors (Lipinski definition) is 5. The highest BCUT2D eigenvalue weighted by molar-refractivity contribution is 6.02. The Kier molecular flexibility index (Phi) is 7.98. The summed E-state index contributed by atoms with van der Waals surface area (Å²) >= 11 is 0. The smallest absolute Gasteiger partial charge is 0.321 e. The second-order valence-electron chi connectivity index (χ2n) is 12.0. The highest BCUT2D eigenvalue weighted by Crippen LogP contribution is 2.36. The third-order valence-corrected chi connectivity index (χ3v) is 9.01. The maximum absolute atomic E-state index is 13.1. The summed E-state index contributed by atoms with van der Waals surface area (Å²) in [6, 6.07) is 27.6. The standard InChI is InChI=1S/C36H38N8O/c1-3-9-33-38-31-21-19-28(43(2)36(45)37-27-11-5-4-6-12-27)22-32(31)44(33)23-24-14-16-26(17-15-24)30-20-18-25-10-7-8-13-29(25)34(30)35-39-41-42-40-35/h7-8,10,13-22,27H,3-6,9,11-12,23H2,1-2H3,(H,37,45)(H,39,40,41,42). The van der Waals surface area contributed by atoms with Crippen LogP contribution in [0.2, 0.25) is 0 Å². The first-order valence-electron chi connectivity index (χ1n) is 16.0. The molecule has 0 aliphatic heterocycles. The Morgan fingerprint density at radius 1 is 1.00 bits per heavy atom. The lowest BCUT2D eigenvalue weighted by Gasteiger charge is -2.26. The number of hydrogen-bond donors (Lipinski definition) is 2. The summed E-state index contributed by atoms with van der Waals surface area (Å²) in [6.07, 6.45) is 7.63. The summed E-state index contributed by atoms with van der Waals surface area (Å²) in [5.41, 5.74) is 7.12. The van der Waals surface area contributed by atoms with Gasteiger partial charge in [-0.1, -0.05) is 86.8 Å². The van der Waals surface area contributed by atoms with Gasteiger partial charge in [-0.25, -0.2) is 9.78 Å². The molecule has 1 fully saturated rings. The molecule has 0 bridgehead atoms. The number of carbonyl (C=O) groups is 1. The summed E-state index contributed by atoms with van der Waals surface area (Å²) in [7, 11) is 1.85. The number of nitrogens with one attached hydrogen (secondary N) is 2. The predicted octanol–water partition coefficient (Wildman–Crippen LogP) is 7.52. The molecule has 0 atom stereocenters.